The van der Waals surface area contributed by atoms with Gasteiger partial charge in [0.05, 0.1) is 12.6 Å². The van der Waals surface area contributed by atoms with Crippen molar-refractivity contribution in [2.24, 2.45) is 0 Å². The predicted octanol–water partition coefficient (Wildman–Crippen LogP) is 1.84. The Bertz CT molecular complexity index is 411. The lowest BCUT2D eigenvalue weighted by molar-refractivity contribution is -0.120. The van der Waals surface area contributed by atoms with Gasteiger partial charge in [-0.3, -0.25) is 4.79 Å². The van der Waals surface area contributed by atoms with E-state index in [1.54, 1.807) is 0 Å². The molecule has 0 heterocycles. The number of hydrogen-bond donors (Lipinski definition) is 2. The Morgan fingerprint density at radius 2 is 2.00 bits per heavy atom. The van der Waals surface area contributed by atoms with Gasteiger partial charge in [-0.15, -0.1) is 0 Å². The first-order valence-corrected chi connectivity index (χ1v) is 6.89. The lowest BCUT2D eigenvalue weighted by atomic mass is 10.2. The normalized spacial score (nSPS) is 14.5. The Balaban J connectivity index is 1.68. The standard InChI is InChI=1S/C15H22N2O2/c1-11(2)19-14-7-3-12(4-8-14)9-16-10-15(18)17-13-5-6-13/h3-4,7-8,11,13,16H,5-6,9-10H2,1-2H3,(H,17,18). The maximum atomic E-state index is 11.5. The monoisotopic (exact) mass is 262 g/mol. The minimum absolute atomic E-state index is 0.0854. The molecule has 0 unspecified atom stereocenters. The van der Waals surface area contributed by atoms with Gasteiger partial charge in [0.15, 0.2) is 0 Å². The van der Waals surface area contributed by atoms with Gasteiger partial charge < -0.3 is 15.4 Å². The zero-order valence-corrected chi connectivity index (χ0v) is 11.6. The Morgan fingerprint density at radius 1 is 1.32 bits per heavy atom. The Labute approximate surface area is 114 Å². The van der Waals surface area contributed by atoms with Crippen molar-refractivity contribution < 1.29 is 9.53 Å². The summed E-state index contributed by atoms with van der Waals surface area (Å²) >= 11 is 0. The van der Waals surface area contributed by atoms with E-state index in [9.17, 15) is 4.79 Å². The summed E-state index contributed by atoms with van der Waals surface area (Å²) in [5.41, 5.74) is 1.15. The van der Waals surface area contributed by atoms with E-state index in [0.717, 1.165) is 24.2 Å². The Kier molecular flexibility index (Phi) is 4.80. The van der Waals surface area contributed by atoms with Crippen molar-refractivity contribution in [2.45, 2.75) is 45.4 Å². The molecule has 4 nitrogen and oxygen atoms in total. The zero-order valence-electron chi connectivity index (χ0n) is 11.6. The molecule has 0 aliphatic heterocycles. The van der Waals surface area contributed by atoms with Crippen molar-refractivity contribution in [1.29, 1.82) is 0 Å². The molecule has 1 aromatic rings. The summed E-state index contributed by atoms with van der Waals surface area (Å²) in [6.45, 7) is 5.09. The summed E-state index contributed by atoms with van der Waals surface area (Å²) in [6, 6.07) is 8.39. The number of ether oxygens (including phenoxy) is 1. The summed E-state index contributed by atoms with van der Waals surface area (Å²) in [6.07, 6.45) is 2.45. The van der Waals surface area contributed by atoms with Gasteiger partial charge in [0.2, 0.25) is 5.91 Å². The van der Waals surface area contributed by atoms with Gasteiger partial charge in [0.1, 0.15) is 5.75 Å². The highest BCUT2D eigenvalue weighted by Gasteiger charge is 2.22. The molecule has 1 amide bonds. The molecule has 1 fully saturated rings. The third kappa shape index (κ3) is 5.30. The predicted molar refractivity (Wildman–Crippen MR) is 75.1 cm³/mol. The van der Waals surface area contributed by atoms with E-state index in [0.29, 0.717) is 19.1 Å². The van der Waals surface area contributed by atoms with Gasteiger partial charge in [-0.25, -0.2) is 0 Å². The van der Waals surface area contributed by atoms with Crippen molar-refractivity contribution in [1.82, 2.24) is 10.6 Å². The molecule has 4 heteroatoms. The van der Waals surface area contributed by atoms with Crippen molar-refractivity contribution in [2.75, 3.05) is 6.54 Å². The molecule has 2 N–H and O–H groups in total. The molecule has 2 rings (SSSR count). The van der Waals surface area contributed by atoms with Crippen LogP contribution in [0.5, 0.6) is 5.75 Å². The summed E-state index contributed by atoms with van der Waals surface area (Å²) in [4.78, 5) is 11.5. The number of carbonyl (C=O) groups is 1. The zero-order chi connectivity index (χ0) is 13.7. The van der Waals surface area contributed by atoms with Crippen molar-refractivity contribution >= 4 is 5.91 Å². The maximum Gasteiger partial charge on any atom is 0.234 e. The molecular formula is C15H22N2O2. The van der Waals surface area contributed by atoms with Crippen LogP contribution in [-0.4, -0.2) is 24.6 Å². The van der Waals surface area contributed by atoms with Crippen molar-refractivity contribution in [3.05, 3.63) is 29.8 Å². The largest absolute Gasteiger partial charge is 0.491 e. The number of carbonyl (C=O) groups excluding carboxylic acids is 1. The highest BCUT2D eigenvalue weighted by Crippen LogP contribution is 2.18. The molecular weight excluding hydrogens is 240 g/mol. The summed E-state index contributed by atoms with van der Waals surface area (Å²) < 4.78 is 5.58. The minimum atomic E-state index is 0.0854. The lowest BCUT2D eigenvalue weighted by Gasteiger charge is -2.10. The second-order valence-corrected chi connectivity index (χ2v) is 5.26. The topological polar surface area (TPSA) is 50.4 Å². The molecule has 1 aromatic carbocycles. The first-order valence-electron chi connectivity index (χ1n) is 6.89. The molecule has 0 radical (unpaired) electrons. The van der Waals surface area contributed by atoms with Crippen LogP contribution in [0.1, 0.15) is 32.3 Å². The first-order chi connectivity index (χ1) is 9.13. The van der Waals surface area contributed by atoms with E-state index < -0.39 is 0 Å². The van der Waals surface area contributed by atoms with Gasteiger partial charge in [-0.1, -0.05) is 12.1 Å². The van der Waals surface area contributed by atoms with Crippen LogP contribution in [0.15, 0.2) is 24.3 Å². The quantitative estimate of drug-likeness (QED) is 0.788. The van der Waals surface area contributed by atoms with Crippen LogP contribution >= 0.6 is 0 Å². The van der Waals surface area contributed by atoms with Gasteiger partial charge in [-0.2, -0.15) is 0 Å². The van der Waals surface area contributed by atoms with Crippen LogP contribution in [-0.2, 0) is 11.3 Å². The first kappa shape index (κ1) is 13.9. The average Bonchev–Trinajstić information content (AvgIpc) is 3.14. The second-order valence-electron chi connectivity index (χ2n) is 5.26. The van der Waals surface area contributed by atoms with Crippen LogP contribution in [0.4, 0.5) is 0 Å². The highest BCUT2D eigenvalue weighted by molar-refractivity contribution is 5.78. The van der Waals surface area contributed by atoms with Gasteiger partial charge >= 0.3 is 0 Å². The van der Waals surface area contributed by atoms with Crippen LogP contribution in [0.2, 0.25) is 0 Å². The fraction of sp³-hybridized carbons (Fsp3) is 0.533. The SMILES string of the molecule is CC(C)Oc1ccc(CNCC(=O)NC2CC2)cc1. The van der Waals surface area contributed by atoms with E-state index in [-0.39, 0.29) is 12.0 Å². The van der Waals surface area contributed by atoms with Crippen LogP contribution in [0.3, 0.4) is 0 Å². The van der Waals surface area contributed by atoms with Gasteiger partial charge in [0.25, 0.3) is 0 Å². The molecule has 0 bridgehead atoms. The fourth-order valence-electron chi connectivity index (χ4n) is 1.78. The molecule has 1 aliphatic carbocycles. The summed E-state index contributed by atoms with van der Waals surface area (Å²) in [5, 5.41) is 6.09. The van der Waals surface area contributed by atoms with E-state index in [2.05, 4.69) is 10.6 Å². The van der Waals surface area contributed by atoms with E-state index >= 15 is 0 Å². The number of rotatable bonds is 7. The average molecular weight is 262 g/mol. The number of hydrogen-bond acceptors (Lipinski definition) is 3. The number of nitrogens with one attached hydrogen (secondary N) is 2. The third-order valence-electron chi connectivity index (χ3n) is 2.85. The van der Waals surface area contributed by atoms with E-state index in [4.69, 9.17) is 4.74 Å². The summed E-state index contributed by atoms with van der Waals surface area (Å²) in [5.74, 6) is 0.965. The smallest absolute Gasteiger partial charge is 0.234 e. The number of benzene rings is 1. The maximum absolute atomic E-state index is 11.5. The van der Waals surface area contributed by atoms with Gasteiger partial charge in [0, 0.05) is 12.6 Å². The van der Waals surface area contributed by atoms with Crippen LogP contribution in [0.25, 0.3) is 0 Å². The van der Waals surface area contributed by atoms with Gasteiger partial charge in [-0.05, 0) is 44.4 Å². The Hall–Kier alpha value is -1.55. The van der Waals surface area contributed by atoms with Crippen molar-refractivity contribution in [3.8, 4) is 5.75 Å². The van der Waals surface area contributed by atoms with Crippen LogP contribution < -0.4 is 15.4 Å². The molecule has 104 valence electrons. The Morgan fingerprint density at radius 3 is 2.58 bits per heavy atom. The molecule has 0 saturated heterocycles. The number of amides is 1. The minimum Gasteiger partial charge on any atom is -0.491 e. The molecule has 1 saturated carbocycles. The molecule has 1 aliphatic rings. The van der Waals surface area contributed by atoms with E-state index in [1.165, 1.54) is 0 Å². The summed E-state index contributed by atoms with van der Waals surface area (Å²) in [7, 11) is 0. The van der Waals surface area contributed by atoms with E-state index in [1.807, 2.05) is 38.1 Å². The lowest BCUT2D eigenvalue weighted by Crippen LogP contribution is -2.34. The second kappa shape index (κ2) is 6.57. The third-order valence-corrected chi connectivity index (χ3v) is 2.85. The fourth-order valence-corrected chi connectivity index (χ4v) is 1.78. The van der Waals surface area contributed by atoms with Crippen molar-refractivity contribution in [3.63, 3.8) is 0 Å². The molecule has 0 spiro atoms. The highest BCUT2D eigenvalue weighted by atomic mass is 16.5. The molecule has 0 atom stereocenters. The molecule has 19 heavy (non-hydrogen) atoms. The molecule has 0 aromatic heterocycles. The van der Waals surface area contributed by atoms with Crippen LogP contribution in [0, 0.1) is 0 Å².